The van der Waals surface area contributed by atoms with E-state index in [2.05, 4.69) is 9.73 Å². The van der Waals surface area contributed by atoms with Crippen LogP contribution in [0.25, 0.3) is 0 Å². The minimum absolute atomic E-state index is 0. The van der Waals surface area contributed by atoms with Crippen molar-refractivity contribution >= 4 is 196 Å². The first kappa shape index (κ1) is 115. The topological polar surface area (TPSA) is 549 Å². The molecular weight excluding hydrogens is 1540 g/mol. The Morgan fingerprint density at radius 2 is 1.04 bits per heavy atom. The number of rotatable bonds is 12. The number of amides is 3. The van der Waals surface area contributed by atoms with Gasteiger partial charge in [0, 0.05) is 99.4 Å². The zero-order valence-corrected chi connectivity index (χ0v) is 71.5. The molecule has 0 atom stereocenters. The molecule has 10 N–H and O–H groups in total. The van der Waals surface area contributed by atoms with Gasteiger partial charge in [0.1, 0.15) is 38.8 Å². The van der Waals surface area contributed by atoms with Crippen LogP contribution in [-0.2, 0) is 58.8 Å². The number of nitro groups is 2. The molecule has 11 rings (SSSR count). The third kappa shape index (κ3) is 42.7. The molecule has 0 aromatic heterocycles. The van der Waals surface area contributed by atoms with E-state index >= 15 is 0 Å². The second-order valence-corrected chi connectivity index (χ2v) is 18.4. The fraction of sp³-hybridized carbons (Fsp3) is 0.200. The van der Waals surface area contributed by atoms with Gasteiger partial charge in [0.25, 0.3) is 11.4 Å². The maximum Gasteiger partial charge on any atom is 1.00 e. The van der Waals surface area contributed by atoms with Crippen LogP contribution in [0.1, 0.15) is 32.3 Å². The molecule has 4 heterocycles. The zero-order valence-electron chi connectivity index (χ0n) is 59.2. The Labute approximate surface area is 750 Å². The van der Waals surface area contributed by atoms with Crippen LogP contribution in [0.5, 0.6) is 17.2 Å². The van der Waals surface area contributed by atoms with Crippen molar-refractivity contribution in [2.24, 2.45) is 10.7 Å². The number of esters is 1. The van der Waals surface area contributed by atoms with Gasteiger partial charge < -0.3 is 134 Å². The van der Waals surface area contributed by atoms with E-state index in [4.69, 9.17) is 123 Å². The Morgan fingerprint density at radius 3 is 1.42 bits per heavy atom. The number of aliphatic imine (C=N–C) groups is 1. The summed E-state index contributed by atoms with van der Waals surface area (Å²) in [4.78, 5) is 85.5. The van der Waals surface area contributed by atoms with Crippen molar-refractivity contribution in [3.63, 3.8) is 0 Å². The first-order valence-corrected chi connectivity index (χ1v) is 44.9. The van der Waals surface area contributed by atoms with Crippen molar-refractivity contribution in [1.82, 2.24) is 11.1 Å². The quantitative estimate of drug-likeness (QED) is 0.0171. The summed E-state index contributed by atoms with van der Waals surface area (Å²) in [6.45, 7) is 33.5. The summed E-state index contributed by atoms with van der Waals surface area (Å²) in [5.41, 5.74) is 16.0. The molecule has 533 valence electrons. The van der Waals surface area contributed by atoms with E-state index in [-0.39, 0.29) is 215 Å². The number of non-ortho nitro benzene ring substituents is 2. The van der Waals surface area contributed by atoms with Crippen molar-refractivity contribution in [1.29, 1.82) is 31.6 Å². The predicted octanol–water partition coefficient (Wildman–Crippen LogP) is 3.41. The number of nitrogen functional groups attached to an aromatic ring is 1. The maximum atomic E-state index is 13.4. The molecule has 5 aliphatic rings. The van der Waals surface area contributed by atoms with E-state index in [0.717, 1.165) is 35.7 Å². The molecule has 1 aliphatic carbocycles. The van der Waals surface area contributed by atoms with Crippen molar-refractivity contribution in [2.75, 3.05) is 68.2 Å². The van der Waals surface area contributed by atoms with E-state index < -0.39 is 33.9 Å². The number of nitrogens with zero attached hydrogens (tertiary/aromatic N) is 12. The van der Waals surface area contributed by atoms with E-state index in [0.29, 0.717) is 72.8 Å². The van der Waals surface area contributed by atoms with Gasteiger partial charge in [-0.1, -0.05) is 72.3 Å². The van der Waals surface area contributed by atoms with Crippen LogP contribution in [-0.4, -0.2) is 233 Å². The average Bonchev–Trinajstić information content (AvgIpc) is 1.79. The smallest absolute Gasteiger partial charge is 0.870 e. The number of cyclic esters (lactones) is 4. The molecule has 3 amide bonds. The number of aromatic hydroxyl groups is 1. The molecule has 106 heavy (non-hydrogen) atoms. The summed E-state index contributed by atoms with van der Waals surface area (Å²) in [5.74, 6) is -0.856. The van der Waals surface area contributed by atoms with Crippen LogP contribution in [0.4, 0.5) is 52.9 Å². The van der Waals surface area contributed by atoms with Crippen LogP contribution in [0.3, 0.4) is 0 Å². The van der Waals surface area contributed by atoms with Crippen LogP contribution in [0.15, 0.2) is 168 Å². The van der Waals surface area contributed by atoms with E-state index in [9.17, 15) is 53.7 Å². The monoisotopic (exact) mass is 1600 g/mol. The molecule has 0 unspecified atom stereocenters. The molecule has 6 aromatic rings. The number of ether oxygens (including phenoxy) is 6. The van der Waals surface area contributed by atoms with Crippen molar-refractivity contribution in [2.45, 2.75) is 33.0 Å². The number of aliphatic hydroxyl groups excluding tert-OH is 1. The van der Waals surface area contributed by atoms with E-state index in [1.54, 1.807) is 43.3 Å². The molecule has 0 bridgehead atoms. The van der Waals surface area contributed by atoms with Gasteiger partial charge in [0.15, 0.2) is 17.3 Å². The number of benzene rings is 6. The maximum absolute atomic E-state index is 13.4. The third-order valence-corrected chi connectivity index (χ3v) is 12.1. The van der Waals surface area contributed by atoms with Gasteiger partial charge in [-0.3, -0.25) is 44.5 Å². The second-order valence-electron chi connectivity index (χ2n) is 18.0. The standard InChI is InChI=1S/C16H14N2O5.C15H14N4O3.C13H10FNO3.C9H8ClNO3.C4H6O2.C2H6O.6CN.Fe.3K.Li.H3N.Na.H2O.H/c19-16-17(8-9-22-16)14-7-6-13(18(20)21)10-15(14)23-11-12-4-2-1-3-5-12;16-9-1-3-10(4-2-9)18-12-8-13(14(20)7-11(12)17)19-5-6-22-15(19)21;14-12-7-6-11(15(16)17)8-13(12)18-9-10-4-2-1-3-5-10;10-6-1-2-7(8(12)5-6)11-3-4-14-9(11)13;5-4-2-1-3-6-4;1-2-3;6*1-2;;;;;;;;;/h1-7,10H,8-9,11H2;1-4,7-8H,5-6,16-17H2;1-8H,9H2;1-2,5,12H,3-4H2;1-3H2;3H,2H2,1H3;;;;;;;;;;;;1H3;;1H2;/q;;;;;;6*-1;+6;;;;+1;;+1;;-1/p-1. The Kier molecular flexibility index (Phi) is 76.0. The van der Waals surface area contributed by atoms with Gasteiger partial charge in [0.05, 0.1) is 82.4 Å². The normalized spacial score (nSPS) is 12.5. The van der Waals surface area contributed by atoms with E-state index in [1.165, 1.54) is 114 Å². The van der Waals surface area contributed by atoms with Gasteiger partial charge in [-0.2, -0.15) is 0 Å². The summed E-state index contributed by atoms with van der Waals surface area (Å²) in [7, 11) is 0. The molecule has 6 aromatic carbocycles. The number of hydrogen-bond donors (Lipinski definition) is 5. The number of allylic oxidation sites excluding steroid dienone is 2. The number of halogens is 2. The SMILES string of the molecule is CCO.N.NC1=CC(=O)C(N2CCOC2=O)=CC1=Nc1ccc(N)cc1.O=C1CCCO1.O=C1OCCN1c1ccc(Cl)cc1O.O=C1OCCN1c1ccc([N+](=O)[O-])cc1OCc1ccccc1.O=[N+]([O-])c1ccc(F)c(OCc2ccccc2)c1.[C-]#N.[C-]#N.[C-]#N.[C-]#N.[C-]#N.[C-]#N.[Fe+6].[H-].[K].[K][K].[Li+].[Na+].[OH-]. The molecule has 4 saturated heterocycles. The van der Waals surface area contributed by atoms with Crippen LogP contribution >= 0.6 is 11.6 Å². The number of anilines is 3. The molecule has 4 aliphatic heterocycles. The van der Waals surface area contributed by atoms with Gasteiger partial charge in [-0.05, 0) is 79.1 Å². The summed E-state index contributed by atoms with van der Waals surface area (Å²) in [6, 6.07) is 37.5. The number of hydrogen-bond acceptors (Lipinski definition) is 28. The first-order valence-electron chi connectivity index (χ1n) is 28.5. The number of carbonyl (C=O) groups is 5. The summed E-state index contributed by atoms with van der Waals surface area (Å²) in [5, 5.41) is 76.6. The first-order chi connectivity index (χ1) is 48.3. The number of nitrogens with two attached hydrogens (primary N) is 2. The third-order valence-electron chi connectivity index (χ3n) is 11.9. The number of carbonyl (C=O) groups excluding carboxylic acids is 5. The molecule has 1 radical (unpaired) electrons. The Balaban J connectivity index is -0.000000154. The fourth-order valence-corrected chi connectivity index (χ4v) is 7.91. The molecule has 33 nitrogen and oxygen atoms in total. The zero-order chi connectivity index (χ0) is 76.1. The van der Waals surface area contributed by atoms with E-state index in [1.807, 2.05) is 60.7 Å². The average molecular weight is 1600 g/mol. The number of aliphatic hydroxyl groups is 1. The number of phenolic OH excluding ortho intramolecular Hbond substituents is 1. The Bertz CT molecular complexity index is 3800. The van der Waals surface area contributed by atoms with Crippen LogP contribution < -0.4 is 85.3 Å². The minimum Gasteiger partial charge on any atom is -0.870 e. The Hall–Kier alpha value is -6.71. The summed E-state index contributed by atoms with van der Waals surface area (Å²) in [6.07, 6.45) is 2.84. The fourth-order valence-electron chi connectivity index (χ4n) is 7.75. The van der Waals surface area contributed by atoms with Crippen LogP contribution in [0, 0.1) is 97.1 Å². The van der Waals surface area contributed by atoms with Crippen molar-refractivity contribution in [3.05, 3.63) is 245 Å². The second kappa shape index (κ2) is 70.0. The Morgan fingerprint density at radius 1 is 0.632 bits per heavy atom. The summed E-state index contributed by atoms with van der Waals surface area (Å²) < 4.78 is 43.4. The molecule has 0 saturated carbocycles. The number of nitro benzene ring substituents is 2. The van der Waals surface area contributed by atoms with Gasteiger partial charge >= 0.3 is 153 Å². The number of phenols is 1. The molecule has 41 heteroatoms. The summed E-state index contributed by atoms with van der Waals surface area (Å²) >= 11 is 8.17. The predicted molar refractivity (Wildman–Crippen MR) is 368 cm³/mol. The van der Waals surface area contributed by atoms with Gasteiger partial charge in [-0.25, -0.2) is 23.8 Å². The van der Waals surface area contributed by atoms with Gasteiger partial charge in [-0.15, -0.1) is 0 Å². The van der Waals surface area contributed by atoms with Crippen molar-refractivity contribution < 1.29 is 149 Å². The van der Waals surface area contributed by atoms with Crippen molar-refractivity contribution in [3.8, 4) is 17.2 Å². The largest absolute Gasteiger partial charge is 1.00 e. The molecule has 0 spiro atoms. The number of ketones is 1. The van der Waals surface area contributed by atoms with Crippen LogP contribution in [0.2, 0.25) is 5.02 Å². The minimum atomic E-state index is -0.614. The molecular formula is C65H63ClFFeK3LiN15NaO18. The molecule has 4 fully saturated rings. The van der Waals surface area contributed by atoms with Gasteiger partial charge in [0.2, 0.25) is 5.78 Å².